The zero-order chi connectivity index (χ0) is 26.0. The smallest absolute Gasteiger partial charge is 0.338 e. The molecule has 5 aliphatic rings. The third kappa shape index (κ3) is 3.55. The first kappa shape index (κ1) is 22.8. The molecule has 8 rings (SSSR count). The number of esters is 1. The van der Waals surface area contributed by atoms with Crippen molar-refractivity contribution in [2.45, 2.75) is 6.42 Å². The van der Waals surface area contributed by atoms with Crippen LogP contribution in [0.2, 0.25) is 0 Å². The van der Waals surface area contributed by atoms with Crippen molar-refractivity contribution in [1.82, 2.24) is 0 Å². The van der Waals surface area contributed by atoms with Crippen LogP contribution in [0.4, 0.5) is 5.69 Å². The van der Waals surface area contributed by atoms with E-state index in [2.05, 4.69) is 12.2 Å². The van der Waals surface area contributed by atoms with Gasteiger partial charge in [-0.15, -0.1) is 0 Å². The Morgan fingerprint density at radius 3 is 1.87 bits per heavy atom. The molecule has 1 heterocycles. The number of hydrogen-bond donors (Lipinski definition) is 0. The number of amides is 2. The molecule has 2 saturated carbocycles. The maximum Gasteiger partial charge on any atom is 0.338 e. The Kier molecular flexibility index (Phi) is 5.18. The molecule has 6 heteroatoms. The maximum atomic E-state index is 13.3. The van der Waals surface area contributed by atoms with Gasteiger partial charge < -0.3 is 4.74 Å². The maximum absolute atomic E-state index is 13.3. The Morgan fingerprint density at radius 1 is 0.711 bits per heavy atom. The van der Waals surface area contributed by atoms with Gasteiger partial charge in [0, 0.05) is 5.56 Å². The number of anilines is 1. The summed E-state index contributed by atoms with van der Waals surface area (Å²) in [5, 5.41) is 0. The topological polar surface area (TPSA) is 80.8 Å². The molecule has 188 valence electrons. The van der Waals surface area contributed by atoms with Gasteiger partial charge in [-0.2, -0.15) is 0 Å². The molecule has 1 saturated heterocycles. The normalized spacial score (nSPS) is 28.2. The highest BCUT2D eigenvalue weighted by molar-refractivity contribution is 6.22. The molecule has 0 radical (unpaired) electrons. The van der Waals surface area contributed by atoms with Gasteiger partial charge >= 0.3 is 5.97 Å². The molecule has 0 spiro atoms. The van der Waals surface area contributed by atoms with Crippen molar-refractivity contribution in [3.05, 3.63) is 102 Å². The molecule has 0 aromatic heterocycles. The summed E-state index contributed by atoms with van der Waals surface area (Å²) in [4.78, 5) is 53.0. The highest BCUT2D eigenvalue weighted by Gasteiger charge is 2.67. The fourth-order valence-corrected chi connectivity index (χ4v) is 6.73. The summed E-state index contributed by atoms with van der Waals surface area (Å²) in [7, 11) is 0. The molecule has 6 nitrogen and oxygen atoms in total. The number of nitrogens with zero attached hydrogens (tertiary/aromatic N) is 1. The Morgan fingerprint density at radius 2 is 1.26 bits per heavy atom. The van der Waals surface area contributed by atoms with Crippen LogP contribution in [0.25, 0.3) is 11.1 Å². The number of hydrogen-bond acceptors (Lipinski definition) is 5. The minimum Gasteiger partial charge on any atom is -0.454 e. The molecule has 0 unspecified atom stereocenters. The predicted molar refractivity (Wildman–Crippen MR) is 140 cm³/mol. The second-order valence-corrected chi connectivity index (χ2v) is 10.7. The predicted octanol–water partition coefficient (Wildman–Crippen LogP) is 4.95. The van der Waals surface area contributed by atoms with E-state index in [1.807, 2.05) is 42.5 Å². The van der Waals surface area contributed by atoms with E-state index < -0.39 is 5.97 Å². The largest absolute Gasteiger partial charge is 0.454 e. The zero-order valence-corrected chi connectivity index (χ0v) is 20.5. The second-order valence-electron chi connectivity index (χ2n) is 10.7. The molecule has 3 aromatic carbocycles. The highest BCUT2D eigenvalue weighted by Crippen LogP contribution is 2.65. The van der Waals surface area contributed by atoms with E-state index >= 15 is 0 Å². The summed E-state index contributed by atoms with van der Waals surface area (Å²) < 4.78 is 5.25. The number of carbonyl (C=O) groups excluding carboxylic acids is 4. The number of Topliss-reactive ketones (excluding diaryl/α,β-unsaturated/α-hetero) is 1. The SMILES string of the molecule is O=C(COC(=O)c1ccc(N2C(=O)[C@@H]3[C@@H]4C=C[C@H]([C@H]5C[C@H]45)[C@H]3C2=O)cc1)c1ccc(-c2ccccc2)cc1. The fraction of sp³-hybridized carbons (Fsp3) is 0.250. The van der Waals surface area contributed by atoms with Gasteiger partial charge in [0.15, 0.2) is 12.4 Å². The molecule has 3 aromatic rings. The number of allylic oxidation sites excluding steroid dienone is 2. The molecule has 6 atom stereocenters. The molecule has 2 bridgehead atoms. The summed E-state index contributed by atoms with van der Waals surface area (Å²) >= 11 is 0. The van der Waals surface area contributed by atoms with E-state index in [4.69, 9.17) is 4.74 Å². The molecule has 38 heavy (non-hydrogen) atoms. The number of ketones is 1. The molecular formula is C32H25NO5. The van der Waals surface area contributed by atoms with Crippen LogP contribution in [0.5, 0.6) is 0 Å². The lowest BCUT2D eigenvalue weighted by Crippen LogP contribution is -2.40. The third-order valence-corrected chi connectivity index (χ3v) is 8.67. The van der Waals surface area contributed by atoms with Crippen LogP contribution in [0.15, 0.2) is 91.0 Å². The van der Waals surface area contributed by atoms with Gasteiger partial charge in [-0.05, 0) is 65.5 Å². The number of carbonyl (C=O) groups is 4. The number of imide groups is 1. The lowest BCUT2D eigenvalue weighted by atomic mass is 9.63. The van der Waals surface area contributed by atoms with Gasteiger partial charge in [0.2, 0.25) is 11.8 Å². The third-order valence-electron chi connectivity index (χ3n) is 8.67. The Balaban J connectivity index is 0.994. The molecular weight excluding hydrogens is 478 g/mol. The van der Waals surface area contributed by atoms with Crippen LogP contribution in [-0.4, -0.2) is 30.2 Å². The summed E-state index contributed by atoms with van der Waals surface area (Å²) in [5.74, 6) is -0.317. The van der Waals surface area contributed by atoms with Crippen molar-refractivity contribution in [2.24, 2.45) is 35.5 Å². The molecule has 4 aliphatic carbocycles. The first-order chi connectivity index (χ1) is 18.5. The lowest BCUT2D eigenvalue weighted by Gasteiger charge is -2.37. The van der Waals surface area contributed by atoms with Gasteiger partial charge in [0.25, 0.3) is 0 Å². The van der Waals surface area contributed by atoms with Crippen molar-refractivity contribution in [2.75, 3.05) is 11.5 Å². The van der Waals surface area contributed by atoms with Crippen molar-refractivity contribution < 1.29 is 23.9 Å². The first-order valence-corrected chi connectivity index (χ1v) is 13.0. The average Bonchev–Trinajstić information content (AvgIpc) is 3.75. The molecule has 2 amide bonds. The van der Waals surface area contributed by atoms with Crippen LogP contribution < -0.4 is 4.90 Å². The number of rotatable bonds is 6. The minimum atomic E-state index is -0.638. The van der Waals surface area contributed by atoms with Crippen molar-refractivity contribution in [3.63, 3.8) is 0 Å². The van der Waals surface area contributed by atoms with E-state index in [0.717, 1.165) is 17.5 Å². The van der Waals surface area contributed by atoms with E-state index in [9.17, 15) is 19.2 Å². The first-order valence-electron chi connectivity index (χ1n) is 13.0. The number of ether oxygens (including phenoxy) is 1. The van der Waals surface area contributed by atoms with Crippen molar-refractivity contribution in [1.29, 1.82) is 0 Å². The van der Waals surface area contributed by atoms with Gasteiger partial charge in [0.1, 0.15) is 0 Å². The van der Waals surface area contributed by atoms with E-state index in [-0.39, 0.29) is 53.4 Å². The Labute approximate surface area is 219 Å². The van der Waals surface area contributed by atoms with E-state index in [1.54, 1.807) is 24.3 Å². The van der Waals surface area contributed by atoms with Gasteiger partial charge in [-0.1, -0.05) is 66.7 Å². The quantitative estimate of drug-likeness (QED) is 0.206. The minimum absolute atomic E-state index is 0.135. The highest BCUT2D eigenvalue weighted by atomic mass is 16.5. The average molecular weight is 504 g/mol. The van der Waals surface area contributed by atoms with Crippen LogP contribution >= 0.6 is 0 Å². The van der Waals surface area contributed by atoms with Crippen molar-refractivity contribution in [3.8, 4) is 11.1 Å². The van der Waals surface area contributed by atoms with Crippen LogP contribution in [-0.2, 0) is 14.3 Å². The summed E-state index contributed by atoms with van der Waals surface area (Å²) in [6, 6.07) is 23.3. The Bertz CT molecular complexity index is 1460. The zero-order valence-electron chi connectivity index (χ0n) is 20.5. The van der Waals surface area contributed by atoms with Gasteiger partial charge in [-0.3, -0.25) is 19.3 Å². The molecule has 1 aliphatic heterocycles. The van der Waals surface area contributed by atoms with Gasteiger partial charge in [-0.25, -0.2) is 4.79 Å². The van der Waals surface area contributed by atoms with Crippen LogP contribution in [0.1, 0.15) is 27.1 Å². The fourth-order valence-electron chi connectivity index (χ4n) is 6.73. The lowest BCUT2D eigenvalue weighted by molar-refractivity contribution is -0.124. The summed E-state index contributed by atoms with van der Waals surface area (Å²) in [6.07, 6.45) is 5.41. The number of benzene rings is 3. The molecule has 3 fully saturated rings. The van der Waals surface area contributed by atoms with Crippen molar-refractivity contribution >= 4 is 29.3 Å². The standard InChI is InChI=1S/C32H25NO5/c34-27(20-8-6-19(7-9-20)18-4-2-1-3-5-18)17-38-32(37)21-10-12-22(13-11-21)33-30(35)28-23-14-15-24(26-16-25(23)26)29(28)31(33)36/h1-15,23-26,28-29H,16-17H2/t23-,24-,25-,26-,28-,29-/m1/s1. The van der Waals surface area contributed by atoms with Crippen LogP contribution in [0, 0.1) is 35.5 Å². The summed E-state index contributed by atoms with van der Waals surface area (Å²) in [5.41, 5.74) is 3.22. The molecule has 0 N–H and O–H groups in total. The Hall–Kier alpha value is -4.32. The van der Waals surface area contributed by atoms with E-state index in [1.165, 1.54) is 17.0 Å². The van der Waals surface area contributed by atoms with E-state index in [0.29, 0.717) is 23.1 Å². The second kappa shape index (κ2) is 8.62. The van der Waals surface area contributed by atoms with Gasteiger partial charge in [0.05, 0.1) is 23.1 Å². The van der Waals surface area contributed by atoms with Crippen LogP contribution in [0.3, 0.4) is 0 Å². The summed E-state index contributed by atoms with van der Waals surface area (Å²) in [6.45, 7) is -0.379. The monoisotopic (exact) mass is 503 g/mol.